The molecular formula is C18H22N2O2S. The van der Waals surface area contributed by atoms with Crippen molar-refractivity contribution in [2.24, 2.45) is 0 Å². The largest absolute Gasteiger partial charge is 0.374 e. The van der Waals surface area contributed by atoms with Gasteiger partial charge in [-0.25, -0.2) is 8.42 Å². The van der Waals surface area contributed by atoms with Gasteiger partial charge in [0.1, 0.15) is 0 Å². The highest BCUT2D eigenvalue weighted by atomic mass is 32.2. The van der Waals surface area contributed by atoms with Gasteiger partial charge in [-0.15, -0.1) is 0 Å². The summed E-state index contributed by atoms with van der Waals surface area (Å²) in [4.78, 5) is 2.18. The monoisotopic (exact) mass is 330 g/mol. The van der Waals surface area contributed by atoms with Crippen molar-refractivity contribution in [1.82, 2.24) is 0 Å². The number of hydrogen-bond donors (Lipinski definition) is 1. The Bertz CT molecular complexity index is 798. The van der Waals surface area contributed by atoms with Crippen LogP contribution in [0, 0.1) is 6.92 Å². The van der Waals surface area contributed by atoms with Crippen LogP contribution >= 0.6 is 0 Å². The highest BCUT2D eigenvalue weighted by Gasteiger charge is 2.16. The van der Waals surface area contributed by atoms with Crippen LogP contribution in [0.3, 0.4) is 0 Å². The molecule has 0 unspecified atom stereocenters. The molecule has 0 fully saturated rings. The number of fused-ring (bicyclic) bond motifs is 1. The fourth-order valence-electron chi connectivity index (χ4n) is 2.94. The van der Waals surface area contributed by atoms with Crippen LogP contribution in [0.1, 0.15) is 23.1 Å². The van der Waals surface area contributed by atoms with Crippen molar-refractivity contribution in [1.29, 1.82) is 0 Å². The van der Waals surface area contributed by atoms with Gasteiger partial charge >= 0.3 is 0 Å². The second-order valence-corrected chi connectivity index (χ2v) is 7.94. The van der Waals surface area contributed by atoms with E-state index < -0.39 is 10.0 Å². The lowest BCUT2D eigenvalue weighted by Crippen LogP contribution is -2.25. The Morgan fingerprint density at radius 2 is 1.87 bits per heavy atom. The summed E-state index contributed by atoms with van der Waals surface area (Å²) < 4.78 is 27.5. The number of aryl methyl sites for hydroxylation is 2. The molecule has 0 saturated heterocycles. The summed E-state index contributed by atoms with van der Waals surface area (Å²) in [6.07, 6.45) is 2.19. The van der Waals surface area contributed by atoms with E-state index >= 15 is 0 Å². The van der Waals surface area contributed by atoms with Gasteiger partial charge in [-0.2, -0.15) is 0 Å². The third-order valence-electron chi connectivity index (χ3n) is 4.19. The van der Waals surface area contributed by atoms with Gasteiger partial charge < -0.3 is 4.90 Å². The Morgan fingerprint density at radius 3 is 2.61 bits per heavy atom. The molecule has 0 atom stereocenters. The summed E-state index contributed by atoms with van der Waals surface area (Å²) in [7, 11) is -1.37. The molecular weight excluding hydrogens is 308 g/mol. The number of nitrogens with one attached hydrogen (secondary N) is 1. The molecule has 122 valence electrons. The van der Waals surface area contributed by atoms with Gasteiger partial charge in [-0.05, 0) is 43.0 Å². The summed E-state index contributed by atoms with van der Waals surface area (Å²) in [6.45, 7) is 2.99. The third kappa shape index (κ3) is 3.85. The van der Waals surface area contributed by atoms with Gasteiger partial charge in [0.25, 0.3) is 0 Å². The first kappa shape index (κ1) is 15.9. The second kappa shape index (κ2) is 6.24. The first-order valence-electron chi connectivity index (χ1n) is 7.83. The maximum Gasteiger partial charge on any atom is 0.236 e. The normalized spacial score (nSPS) is 14.4. The summed E-state index contributed by atoms with van der Waals surface area (Å²) >= 11 is 0. The maximum atomic E-state index is 12.4. The zero-order chi connectivity index (χ0) is 16.4. The van der Waals surface area contributed by atoms with Crippen LogP contribution < -0.4 is 9.62 Å². The van der Waals surface area contributed by atoms with Crippen molar-refractivity contribution in [3.63, 3.8) is 0 Å². The molecule has 5 heteroatoms. The van der Waals surface area contributed by atoms with Crippen LogP contribution in [0.15, 0.2) is 42.5 Å². The fraction of sp³-hybridized carbons (Fsp3) is 0.333. The first-order chi connectivity index (χ1) is 10.9. The van der Waals surface area contributed by atoms with Crippen LogP contribution in [-0.4, -0.2) is 22.0 Å². The second-order valence-electron chi connectivity index (χ2n) is 6.22. The molecule has 1 heterocycles. The Kier molecular flexibility index (Phi) is 4.31. The summed E-state index contributed by atoms with van der Waals surface area (Å²) in [6, 6.07) is 13.4. The van der Waals surface area contributed by atoms with E-state index in [-0.39, 0.29) is 5.75 Å². The predicted molar refractivity (Wildman–Crippen MR) is 95.5 cm³/mol. The molecule has 1 aliphatic heterocycles. The van der Waals surface area contributed by atoms with E-state index in [1.54, 1.807) is 0 Å². The average Bonchev–Trinajstić information content (AvgIpc) is 2.50. The zero-order valence-electron chi connectivity index (χ0n) is 13.5. The zero-order valence-corrected chi connectivity index (χ0v) is 14.4. The minimum absolute atomic E-state index is 0.0137. The van der Waals surface area contributed by atoms with Gasteiger partial charge in [0.05, 0.1) is 11.4 Å². The minimum Gasteiger partial charge on any atom is -0.374 e. The van der Waals surface area contributed by atoms with Crippen LogP contribution in [-0.2, 0) is 22.2 Å². The molecule has 23 heavy (non-hydrogen) atoms. The van der Waals surface area contributed by atoms with Crippen LogP contribution in [0.25, 0.3) is 0 Å². The molecule has 1 aliphatic rings. The number of rotatable bonds is 4. The predicted octanol–water partition coefficient (Wildman–Crippen LogP) is 3.32. The van der Waals surface area contributed by atoms with Crippen molar-refractivity contribution >= 4 is 21.4 Å². The number of sulfonamides is 1. The molecule has 0 aromatic heterocycles. The van der Waals surface area contributed by atoms with Gasteiger partial charge in [-0.1, -0.05) is 35.9 Å². The number of anilines is 2. The van der Waals surface area contributed by atoms with E-state index in [1.165, 1.54) is 5.56 Å². The highest BCUT2D eigenvalue weighted by Crippen LogP contribution is 2.29. The van der Waals surface area contributed by atoms with Crippen molar-refractivity contribution < 1.29 is 8.42 Å². The van der Waals surface area contributed by atoms with Crippen molar-refractivity contribution in [3.8, 4) is 0 Å². The quantitative estimate of drug-likeness (QED) is 0.935. The van der Waals surface area contributed by atoms with Crippen molar-refractivity contribution in [2.75, 3.05) is 23.2 Å². The molecule has 0 spiro atoms. The molecule has 0 bridgehead atoms. The van der Waals surface area contributed by atoms with Crippen LogP contribution in [0.4, 0.5) is 11.4 Å². The van der Waals surface area contributed by atoms with E-state index in [0.29, 0.717) is 5.69 Å². The first-order valence-corrected chi connectivity index (χ1v) is 9.48. The van der Waals surface area contributed by atoms with Crippen LogP contribution in [0.2, 0.25) is 0 Å². The van der Waals surface area contributed by atoms with E-state index in [1.807, 2.05) is 56.4 Å². The van der Waals surface area contributed by atoms with E-state index in [9.17, 15) is 8.42 Å². The molecule has 2 aromatic carbocycles. The topological polar surface area (TPSA) is 49.4 Å². The molecule has 1 N–H and O–H groups in total. The van der Waals surface area contributed by atoms with Gasteiger partial charge in [0.15, 0.2) is 0 Å². The Hall–Kier alpha value is -2.01. The number of nitrogens with zero attached hydrogens (tertiary/aromatic N) is 1. The maximum absolute atomic E-state index is 12.4. The molecule has 4 nitrogen and oxygen atoms in total. The highest BCUT2D eigenvalue weighted by molar-refractivity contribution is 7.91. The lowest BCUT2D eigenvalue weighted by atomic mass is 10.0. The smallest absolute Gasteiger partial charge is 0.236 e. The van der Waals surface area contributed by atoms with E-state index in [4.69, 9.17) is 0 Å². The fourth-order valence-corrected chi connectivity index (χ4v) is 4.13. The lowest BCUT2D eigenvalue weighted by molar-refractivity contribution is 0.600. The summed E-state index contributed by atoms with van der Waals surface area (Å²) in [5.41, 5.74) is 4.94. The summed E-state index contributed by atoms with van der Waals surface area (Å²) in [5.74, 6) is -0.0137. The minimum atomic E-state index is -3.41. The Morgan fingerprint density at radius 1 is 1.13 bits per heavy atom. The Balaban J connectivity index is 1.78. The summed E-state index contributed by atoms with van der Waals surface area (Å²) in [5, 5.41) is 0. The molecule has 0 radical (unpaired) electrons. The third-order valence-corrected chi connectivity index (χ3v) is 5.45. The van der Waals surface area contributed by atoms with Crippen molar-refractivity contribution in [2.45, 2.75) is 25.5 Å². The van der Waals surface area contributed by atoms with E-state index in [0.717, 1.165) is 36.2 Å². The lowest BCUT2D eigenvalue weighted by Gasteiger charge is -2.28. The molecule has 2 aromatic rings. The molecule has 0 saturated carbocycles. The van der Waals surface area contributed by atoms with Gasteiger partial charge in [0, 0.05) is 19.3 Å². The van der Waals surface area contributed by atoms with Gasteiger partial charge in [-0.3, -0.25) is 4.72 Å². The Labute approximate surface area is 138 Å². The van der Waals surface area contributed by atoms with E-state index in [2.05, 4.69) is 9.62 Å². The van der Waals surface area contributed by atoms with Gasteiger partial charge in [0.2, 0.25) is 10.0 Å². The standard InChI is InChI=1S/C18H22N2O2S/c1-14-5-7-15(8-6-14)13-23(21,22)19-17-10-9-16-4-3-11-20(2)18(16)12-17/h5-10,12,19H,3-4,11,13H2,1-2H3. The molecule has 3 rings (SSSR count). The molecule has 0 amide bonds. The van der Waals surface area contributed by atoms with Crippen molar-refractivity contribution in [3.05, 3.63) is 59.2 Å². The number of hydrogen-bond acceptors (Lipinski definition) is 3. The SMILES string of the molecule is Cc1ccc(CS(=O)(=O)Nc2ccc3c(c2)N(C)CCC3)cc1. The molecule has 0 aliphatic carbocycles. The van der Waals surface area contributed by atoms with Crippen LogP contribution in [0.5, 0.6) is 0 Å². The number of benzene rings is 2. The average molecular weight is 330 g/mol.